The van der Waals surface area contributed by atoms with E-state index >= 15 is 0 Å². The van der Waals surface area contributed by atoms with E-state index in [0.717, 1.165) is 17.7 Å². The largest absolute Gasteiger partial charge is 0.382 e. The van der Waals surface area contributed by atoms with E-state index in [1.165, 1.54) is 11.1 Å². The molecule has 0 aliphatic heterocycles. The minimum absolute atomic E-state index is 0.581. The molecule has 0 saturated heterocycles. The number of H-pyrrole nitrogens is 1. The molecule has 1 aromatic heterocycles. The average Bonchev–Trinajstić information content (AvgIpc) is 2.60. The Labute approximate surface area is 102 Å². The van der Waals surface area contributed by atoms with Gasteiger partial charge in [0.05, 0.1) is 0 Å². The summed E-state index contributed by atoms with van der Waals surface area (Å²) < 4.78 is 0. The molecular weight excluding hydrogens is 210 g/mol. The Bertz CT molecular complexity index is 512. The number of anilines is 1. The molecule has 1 heterocycles. The Morgan fingerprint density at radius 1 is 1.29 bits per heavy atom. The number of aromatic amines is 1. The van der Waals surface area contributed by atoms with Crippen LogP contribution in [0.4, 0.5) is 5.82 Å². The van der Waals surface area contributed by atoms with Gasteiger partial charge in [0.25, 0.3) is 0 Å². The van der Waals surface area contributed by atoms with Crippen LogP contribution in [-0.4, -0.2) is 10.2 Å². The topological polar surface area (TPSA) is 54.7 Å². The van der Waals surface area contributed by atoms with E-state index in [2.05, 4.69) is 43.1 Å². The van der Waals surface area contributed by atoms with E-state index in [0.29, 0.717) is 11.7 Å². The molecule has 90 valence electrons. The molecule has 0 amide bonds. The zero-order valence-corrected chi connectivity index (χ0v) is 10.6. The molecule has 0 bridgehead atoms. The summed E-state index contributed by atoms with van der Waals surface area (Å²) in [6.45, 7) is 6.48. The number of nitrogens with zero attached hydrogens (tertiary/aromatic N) is 1. The Balaban J connectivity index is 2.51. The molecule has 2 aromatic rings. The molecule has 0 saturated carbocycles. The molecule has 2 rings (SSSR count). The first kappa shape index (κ1) is 11.7. The molecule has 1 aromatic carbocycles. The fourth-order valence-corrected chi connectivity index (χ4v) is 2.10. The van der Waals surface area contributed by atoms with E-state index in [4.69, 9.17) is 5.73 Å². The molecule has 0 fully saturated rings. The highest BCUT2D eigenvalue weighted by Crippen LogP contribution is 2.31. The number of nitrogens with two attached hydrogens (primary N) is 1. The summed E-state index contributed by atoms with van der Waals surface area (Å²) in [6.07, 6.45) is 0.966. The summed E-state index contributed by atoms with van der Waals surface area (Å²) in [6, 6.07) is 8.27. The maximum Gasteiger partial charge on any atom is 0.153 e. The Kier molecular flexibility index (Phi) is 3.18. The van der Waals surface area contributed by atoms with Crippen LogP contribution in [0.2, 0.25) is 0 Å². The van der Waals surface area contributed by atoms with Crippen LogP contribution in [0, 0.1) is 12.8 Å². The van der Waals surface area contributed by atoms with Crippen LogP contribution in [0.15, 0.2) is 24.3 Å². The number of benzene rings is 1. The minimum atomic E-state index is 0.581. The molecule has 0 radical (unpaired) electrons. The third-order valence-corrected chi connectivity index (χ3v) is 2.90. The van der Waals surface area contributed by atoms with E-state index in [1.807, 2.05) is 12.1 Å². The number of nitrogens with one attached hydrogen (secondary N) is 1. The fraction of sp³-hybridized carbons (Fsp3) is 0.357. The molecule has 3 N–H and O–H groups in total. The summed E-state index contributed by atoms with van der Waals surface area (Å²) in [5.74, 6) is 1.17. The van der Waals surface area contributed by atoms with Crippen LogP contribution < -0.4 is 5.73 Å². The lowest BCUT2D eigenvalue weighted by Crippen LogP contribution is -1.98. The Morgan fingerprint density at radius 2 is 2.00 bits per heavy atom. The number of aromatic nitrogens is 2. The molecule has 0 unspecified atom stereocenters. The van der Waals surface area contributed by atoms with E-state index in [-0.39, 0.29) is 0 Å². The lowest BCUT2D eigenvalue weighted by atomic mass is 9.96. The van der Waals surface area contributed by atoms with Crippen molar-refractivity contribution in [2.75, 3.05) is 5.73 Å². The van der Waals surface area contributed by atoms with Crippen LogP contribution in [0.1, 0.15) is 25.1 Å². The monoisotopic (exact) mass is 229 g/mol. The van der Waals surface area contributed by atoms with Crippen molar-refractivity contribution in [3.63, 3.8) is 0 Å². The quantitative estimate of drug-likeness (QED) is 0.849. The summed E-state index contributed by atoms with van der Waals surface area (Å²) in [5.41, 5.74) is 10.6. The van der Waals surface area contributed by atoms with E-state index < -0.39 is 0 Å². The predicted molar refractivity (Wildman–Crippen MR) is 71.7 cm³/mol. The van der Waals surface area contributed by atoms with Gasteiger partial charge in [-0.15, -0.1) is 0 Å². The molecule has 0 spiro atoms. The van der Waals surface area contributed by atoms with Crippen LogP contribution in [0.25, 0.3) is 11.1 Å². The normalized spacial score (nSPS) is 11.1. The highest BCUT2D eigenvalue weighted by Gasteiger charge is 2.15. The van der Waals surface area contributed by atoms with Crippen molar-refractivity contribution in [2.24, 2.45) is 5.92 Å². The van der Waals surface area contributed by atoms with Crippen molar-refractivity contribution in [1.29, 1.82) is 0 Å². The zero-order chi connectivity index (χ0) is 12.4. The number of hydrogen-bond donors (Lipinski definition) is 2. The maximum absolute atomic E-state index is 5.98. The van der Waals surface area contributed by atoms with Crippen molar-refractivity contribution in [3.8, 4) is 11.1 Å². The lowest BCUT2D eigenvalue weighted by molar-refractivity contribution is 0.634. The Morgan fingerprint density at radius 3 is 2.65 bits per heavy atom. The third-order valence-electron chi connectivity index (χ3n) is 2.90. The first-order chi connectivity index (χ1) is 8.09. The molecule has 3 nitrogen and oxygen atoms in total. The second-order valence-electron chi connectivity index (χ2n) is 4.88. The van der Waals surface area contributed by atoms with E-state index in [1.54, 1.807) is 0 Å². The van der Waals surface area contributed by atoms with Gasteiger partial charge in [0.15, 0.2) is 5.82 Å². The lowest BCUT2D eigenvalue weighted by Gasteiger charge is -2.09. The minimum Gasteiger partial charge on any atom is -0.382 e. The number of hydrogen-bond acceptors (Lipinski definition) is 2. The number of aryl methyl sites for hydroxylation is 1. The van der Waals surface area contributed by atoms with Crippen molar-refractivity contribution in [3.05, 3.63) is 35.5 Å². The van der Waals surface area contributed by atoms with E-state index in [9.17, 15) is 0 Å². The van der Waals surface area contributed by atoms with Gasteiger partial charge in [-0.05, 0) is 30.4 Å². The average molecular weight is 229 g/mol. The second kappa shape index (κ2) is 4.62. The standard InChI is InChI=1S/C14H19N3/c1-9(2)8-12-13(14(15)17-16-12)11-7-5-4-6-10(11)3/h4-7,9H,8H2,1-3H3,(H3,15,16,17). The maximum atomic E-state index is 5.98. The van der Waals surface area contributed by atoms with Crippen LogP contribution in [0.3, 0.4) is 0 Å². The Hall–Kier alpha value is -1.77. The van der Waals surface area contributed by atoms with Crippen molar-refractivity contribution >= 4 is 5.82 Å². The fourth-order valence-electron chi connectivity index (χ4n) is 2.10. The smallest absolute Gasteiger partial charge is 0.153 e. The molecule has 0 atom stereocenters. The van der Waals surface area contributed by atoms with Crippen LogP contribution in [0.5, 0.6) is 0 Å². The van der Waals surface area contributed by atoms with Gasteiger partial charge < -0.3 is 5.73 Å². The van der Waals surface area contributed by atoms with Gasteiger partial charge >= 0.3 is 0 Å². The molecule has 0 aliphatic rings. The number of nitrogen functional groups attached to an aromatic ring is 1. The van der Waals surface area contributed by atoms with Gasteiger partial charge in [-0.25, -0.2) is 0 Å². The van der Waals surface area contributed by atoms with Gasteiger partial charge in [-0.3, -0.25) is 5.10 Å². The van der Waals surface area contributed by atoms with Gasteiger partial charge in [0, 0.05) is 11.3 Å². The highest BCUT2D eigenvalue weighted by molar-refractivity contribution is 5.78. The molecule has 17 heavy (non-hydrogen) atoms. The van der Waals surface area contributed by atoms with Gasteiger partial charge in [-0.2, -0.15) is 5.10 Å². The summed E-state index contributed by atoms with van der Waals surface area (Å²) >= 11 is 0. The summed E-state index contributed by atoms with van der Waals surface area (Å²) in [7, 11) is 0. The molecule has 3 heteroatoms. The van der Waals surface area contributed by atoms with Crippen molar-refractivity contribution in [1.82, 2.24) is 10.2 Å². The summed E-state index contributed by atoms with van der Waals surface area (Å²) in [5, 5.41) is 7.20. The first-order valence-corrected chi connectivity index (χ1v) is 5.98. The highest BCUT2D eigenvalue weighted by atomic mass is 15.2. The van der Waals surface area contributed by atoms with Crippen LogP contribution in [-0.2, 0) is 6.42 Å². The predicted octanol–water partition coefficient (Wildman–Crippen LogP) is 3.17. The van der Waals surface area contributed by atoms with Crippen molar-refractivity contribution in [2.45, 2.75) is 27.2 Å². The molecule has 0 aliphatic carbocycles. The number of rotatable bonds is 3. The first-order valence-electron chi connectivity index (χ1n) is 5.98. The van der Waals surface area contributed by atoms with Crippen molar-refractivity contribution < 1.29 is 0 Å². The second-order valence-corrected chi connectivity index (χ2v) is 4.88. The molecular formula is C14H19N3. The van der Waals surface area contributed by atoms with Gasteiger partial charge in [-0.1, -0.05) is 38.1 Å². The SMILES string of the molecule is Cc1ccccc1-c1c(N)n[nH]c1CC(C)C. The van der Waals surface area contributed by atoms with Gasteiger partial charge in [0.1, 0.15) is 0 Å². The van der Waals surface area contributed by atoms with Crippen LogP contribution >= 0.6 is 0 Å². The third kappa shape index (κ3) is 2.33. The van der Waals surface area contributed by atoms with Gasteiger partial charge in [0.2, 0.25) is 0 Å². The zero-order valence-electron chi connectivity index (χ0n) is 10.6. The summed E-state index contributed by atoms with van der Waals surface area (Å²) in [4.78, 5) is 0.